The van der Waals surface area contributed by atoms with E-state index in [1.807, 2.05) is 0 Å². The average molecular weight is 294 g/mol. The lowest BCUT2D eigenvalue weighted by atomic mass is 10.0. The minimum absolute atomic E-state index is 0.192. The lowest BCUT2D eigenvalue weighted by Gasteiger charge is -2.09. The summed E-state index contributed by atoms with van der Waals surface area (Å²) < 4.78 is 37.8. The van der Waals surface area contributed by atoms with E-state index in [2.05, 4.69) is 0 Å². The fourth-order valence-corrected chi connectivity index (χ4v) is 2.01. The van der Waals surface area contributed by atoms with Crippen LogP contribution in [0.3, 0.4) is 0 Å². The molecule has 0 saturated heterocycles. The number of benzene rings is 2. The van der Waals surface area contributed by atoms with Gasteiger partial charge in [0.25, 0.3) is 0 Å². The van der Waals surface area contributed by atoms with Crippen molar-refractivity contribution < 1.29 is 23.1 Å². The Morgan fingerprint density at radius 2 is 1.57 bits per heavy atom. The number of aryl methyl sites for hydroxylation is 2. The van der Waals surface area contributed by atoms with E-state index in [9.17, 15) is 18.0 Å². The molecule has 2 aromatic carbocycles. The van der Waals surface area contributed by atoms with Gasteiger partial charge < -0.3 is 5.11 Å². The highest BCUT2D eigenvalue weighted by Crippen LogP contribution is 2.29. The first-order valence-corrected chi connectivity index (χ1v) is 6.34. The fourth-order valence-electron chi connectivity index (χ4n) is 2.01. The summed E-state index contributed by atoms with van der Waals surface area (Å²) in [4.78, 5) is 10.7. The van der Waals surface area contributed by atoms with E-state index in [-0.39, 0.29) is 5.56 Å². The van der Waals surface area contributed by atoms with Crippen LogP contribution >= 0.6 is 0 Å². The number of hydrogen-bond acceptors (Lipinski definition) is 1. The smallest absolute Gasteiger partial charge is 0.416 e. The summed E-state index contributed by atoms with van der Waals surface area (Å²) in [5.74, 6) is -1.00. The van der Waals surface area contributed by atoms with Crippen molar-refractivity contribution in [2.75, 3.05) is 0 Å². The molecule has 2 rings (SSSR count). The van der Waals surface area contributed by atoms with Crippen LogP contribution in [0.25, 0.3) is 0 Å². The van der Waals surface area contributed by atoms with Gasteiger partial charge in [-0.05, 0) is 42.2 Å². The molecule has 0 amide bonds. The zero-order valence-corrected chi connectivity index (χ0v) is 11.0. The van der Waals surface area contributed by atoms with Crippen LogP contribution in [0.5, 0.6) is 0 Å². The van der Waals surface area contributed by atoms with E-state index in [4.69, 9.17) is 5.11 Å². The third-order valence-electron chi connectivity index (χ3n) is 3.16. The Hall–Kier alpha value is -2.30. The van der Waals surface area contributed by atoms with Crippen molar-refractivity contribution in [1.82, 2.24) is 0 Å². The zero-order valence-electron chi connectivity index (χ0n) is 11.0. The molecule has 0 radical (unpaired) electrons. The predicted molar refractivity (Wildman–Crippen MR) is 72.3 cm³/mol. The zero-order chi connectivity index (χ0) is 15.5. The van der Waals surface area contributed by atoms with Gasteiger partial charge in [-0.3, -0.25) is 0 Å². The molecule has 0 aliphatic rings. The van der Waals surface area contributed by atoms with Gasteiger partial charge in [-0.1, -0.05) is 30.3 Å². The predicted octanol–water partition coefficient (Wildman–Crippen LogP) is 4.19. The van der Waals surface area contributed by atoms with Gasteiger partial charge in [0, 0.05) is 0 Å². The largest absolute Gasteiger partial charge is 0.478 e. The lowest BCUT2D eigenvalue weighted by Crippen LogP contribution is -2.05. The first kappa shape index (κ1) is 15.1. The first-order chi connectivity index (χ1) is 9.86. The van der Waals surface area contributed by atoms with Gasteiger partial charge >= 0.3 is 12.1 Å². The van der Waals surface area contributed by atoms with Crippen LogP contribution in [0.4, 0.5) is 13.2 Å². The topological polar surface area (TPSA) is 37.3 Å². The highest BCUT2D eigenvalue weighted by atomic mass is 19.4. The van der Waals surface area contributed by atoms with Gasteiger partial charge in [0.15, 0.2) is 0 Å². The molecule has 0 heterocycles. The third kappa shape index (κ3) is 4.08. The van der Waals surface area contributed by atoms with Crippen LogP contribution in [0.15, 0.2) is 48.5 Å². The molecule has 0 saturated carbocycles. The molecular formula is C16H13F3O2. The van der Waals surface area contributed by atoms with Crippen molar-refractivity contribution in [3.05, 3.63) is 70.8 Å². The molecule has 0 unspecified atom stereocenters. The molecule has 0 aliphatic carbocycles. The molecule has 0 atom stereocenters. The molecule has 0 aliphatic heterocycles. The van der Waals surface area contributed by atoms with Crippen molar-refractivity contribution in [3.63, 3.8) is 0 Å². The Balaban J connectivity index is 2.04. The number of carboxylic acids is 1. The standard InChI is InChI=1S/C16H13F3O2/c17-16(18,19)14-3-1-2-12(10-14)5-4-11-6-8-13(9-7-11)15(20)21/h1-3,6-10H,4-5H2,(H,20,21). The Morgan fingerprint density at radius 3 is 2.14 bits per heavy atom. The maximum absolute atomic E-state index is 12.6. The molecule has 1 N–H and O–H groups in total. The van der Waals surface area contributed by atoms with Crippen LogP contribution in [0, 0.1) is 0 Å². The lowest BCUT2D eigenvalue weighted by molar-refractivity contribution is -0.137. The normalized spacial score (nSPS) is 11.4. The minimum atomic E-state index is -4.33. The summed E-state index contributed by atoms with van der Waals surface area (Å²) in [6.45, 7) is 0. The molecule has 110 valence electrons. The monoisotopic (exact) mass is 294 g/mol. The molecule has 2 nitrogen and oxygen atoms in total. The molecular weight excluding hydrogens is 281 g/mol. The molecule has 0 spiro atoms. The SMILES string of the molecule is O=C(O)c1ccc(CCc2cccc(C(F)(F)F)c2)cc1. The van der Waals surface area contributed by atoms with Gasteiger partial charge in [-0.15, -0.1) is 0 Å². The molecule has 5 heteroatoms. The molecule has 2 aromatic rings. The van der Waals surface area contributed by atoms with E-state index in [0.717, 1.165) is 17.7 Å². The maximum Gasteiger partial charge on any atom is 0.416 e. The van der Waals surface area contributed by atoms with Gasteiger partial charge in [0.05, 0.1) is 11.1 Å². The summed E-state index contributed by atoms with van der Waals surface area (Å²) in [5.41, 5.74) is 1.03. The Bertz CT molecular complexity index is 631. The molecule has 0 fully saturated rings. The summed E-state index contributed by atoms with van der Waals surface area (Å²) in [6.07, 6.45) is -3.31. The van der Waals surface area contributed by atoms with E-state index < -0.39 is 17.7 Å². The van der Waals surface area contributed by atoms with Crippen LogP contribution in [-0.4, -0.2) is 11.1 Å². The Labute approximate surface area is 119 Å². The minimum Gasteiger partial charge on any atom is -0.478 e. The van der Waals surface area contributed by atoms with Crippen molar-refractivity contribution >= 4 is 5.97 Å². The van der Waals surface area contributed by atoms with Crippen LogP contribution in [0.1, 0.15) is 27.0 Å². The number of halogens is 3. The summed E-state index contributed by atoms with van der Waals surface area (Å²) in [7, 11) is 0. The maximum atomic E-state index is 12.6. The number of carboxylic acid groups (broad SMARTS) is 1. The van der Waals surface area contributed by atoms with Crippen LogP contribution in [-0.2, 0) is 19.0 Å². The molecule has 0 bridgehead atoms. The number of rotatable bonds is 4. The van der Waals surface area contributed by atoms with Crippen molar-refractivity contribution in [3.8, 4) is 0 Å². The summed E-state index contributed by atoms with van der Waals surface area (Å²) in [5, 5.41) is 8.78. The van der Waals surface area contributed by atoms with Gasteiger partial charge in [0.1, 0.15) is 0 Å². The number of alkyl halides is 3. The van der Waals surface area contributed by atoms with Crippen molar-refractivity contribution in [2.24, 2.45) is 0 Å². The van der Waals surface area contributed by atoms with Gasteiger partial charge in [-0.2, -0.15) is 13.2 Å². The highest BCUT2D eigenvalue weighted by molar-refractivity contribution is 5.87. The Kier molecular flexibility index (Phi) is 4.31. The van der Waals surface area contributed by atoms with E-state index in [1.165, 1.54) is 18.2 Å². The third-order valence-corrected chi connectivity index (χ3v) is 3.16. The van der Waals surface area contributed by atoms with Crippen LogP contribution in [0.2, 0.25) is 0 Å². The second-order valence-electron chi connectivity index (χ2n) is 4.70. The summed E-state index contributed by atoms with van der Waals surface area (Å²) in [6, 6.07) is 11.6. The van der Waals surface area contributed by atoms with E-state index in [0.29, 0.717) is 18.4 Å². The summed E-state index contributed by atoms with van der Waals surface area (Å²) >= 11 is 0. The Morgan fingerprint density at radius 1 is 0.952 bits per heavy atom. The first-order valence-electron chi connectivity index (χ1n) is 6.34. The number of hydrogen-bond donors (Lipinski definition) is 1. The fraction of sp³-hybridized carbons (Fsp3) is 0.188. The quantitative estimate of drug-likeness (QED) is 0.918. The number of aromatic carboxylic acids is 1. The van der Waals surface area contributed by atoms with Crippen molar-refractivity contribution in [2.45, 2.75) is 19.0 Å². The van der Waals surface area contributed by atoms with Crippen molar-refractivity contribution in [1.29, 1.82) is 0 Å². The van der Waals surface area contributed by atoms with Gasteiger partial charge in [0.2, 0.25) is 0 Å². The second-order valence-corrected chi connectivity index (χ2v) is 4.70. The average Bonchev–Trinajstić information content (AvgIpc) is 2.45. The molecule has 0 aromatic heterocycles. The highest BCUT2D eigenvalue weighted by Gasteiger charge is 2.30. The van der Waals surface area contributed by atoms with Crippen LogP contribution < -0.4 is 0 Å². The van der Waals surface area contributed by atoms with E-state index in [1.54, 1.807) is 18.2 Å². The van der Waals surface area contributed by atoms with E-state index >= 15 is 0 Å². The van der Waals surface area contributed by atoms with Gasteiger partial charge in [-0.25, -0.2) is 4.79 Å². The second kappa shape index (κ2) is 5.99. The molecule has 21 heavy (non-hydrogen) atoms. The number of carbonyl (C=O) groups is 1.